The highest BCUT2D eigenvalue weighted by Gasteiger charge is 2.55. The zero-order valence-corrected chi connectivity index (χ0v) is 28.5. The fourth-order valence-electron chi connectivity index (χ4n) is 5.91. The molecule has 1 unspecified atom stereocenters. The first-order chi connectivity index (χ1) is 25.6. The molecule has 54 heavy (non-hydrogen) atoms. The minimum atomic E-state index is -1.99. The lowest BCUT2D eigenvalue weighted by molar-refractivity contribution is -0.412. The van der Waals surface area contributed by atoms with E-state index in [-0.39, 0.29) is 24.3 Å². The van der Waals surface area contributed by atoms with Crippen molar-refractivity contribution in [3.8, 4) is 23.0 Å². The van der Waals surface area contributed by atoms with Gasteiger partial charge in [0, 0.05) is 6.08 Å². The number of hydrogen-bond acceptors (Lipinski definition) is 20. The number of ether oxygens (including phenoxy) is 7. The van der Waals surface area contributed by atoms with E-state index in [2.05, 4.69) is 0 Å². The second-order valence-electron chi connectivity index (χ2n) is 12.9. The van der Waals surface area contributed by atoms with Crippen molar-refractivity contribution in [1.29, 1.82) is 0 Å². The first kappa shape index (κ1) is 41.5. The molecule has 20 nitrogen and oxygen atoms in total. The van der Waals surface area contributed by atoms with E-state index in [1.54, 1.807) is 0 Å². The molecular weight excluding hydrogens is 728 g/mol. The van der Waals surface area contributed by atoms with Crippen LogP contribution >= 0.6 is 0 Å². The van der Waals surface area contributed by atoms with Crippen molar-refractivity contribution in [1.82, 2.24) is 0 Å². The van der Waals surface area contributed by atoms with E-state index < -0.39 is 122 Å². The maximum atomic E-state index is 13.3. The summed E-state index contributed by atoms with van der Waals surface area (Å²) in [5.74, 6) is -2.84. The number of aliphatic hydroxyl groups excluding tert-OH is 8. The highest BCUT2D eigenvalue weighted by Crippen LogP contribution is 2.34. The number of hydrogen-bond donors (Lipinski definition) is 12. The first-order valence-electron chi connectivity index (χ1n) is 16.8. The second kappa shape index (κ2) is 17.8. The van der Waals surface area contributed by atoms with Crippen LogP contribution in [0.15, 0.2) is 42.5 Å². The lowest BCUT2D eigenvalue weighted by Gasteiger charge is -2.48. The van der Waals surface area contributed by atoms with E-state index in [1.165, 1.54) is 37.3 Å². The lowest BCUT2D eigenvalue weighted by Crippen LogP contribution is -2.66. The van der Waals surface area contributed by atoms with Crippen molar-refractivity contribution >= 4 is 12.0 Å². The number of aromatic hydroxyl groups is 4. The molecule has 20 heteroatoms. The molecule has 0 aromatic heterocycles. The van der Waals surface area contributed by atoms with Crippen LogP contribution in [0.2, 0.25) is 0 Å². The van der Waals surface area contributed by atoms with E-state index >= 15 is 0 Å². The highest BCUT2D eigenvalue weighted by molar-refractivity contribution is 5.87. The SMILES string of the molecule is C[C@@H]1OC(O[C@@H]2[C@@H](O)[C@H](OCCc3ccc(O)c(O)c3)O[C@H](O[C@@H]3O[C@@H](CO)[C@@H](O)[C@@H](O)[C@H]3O)[C@H]2OC(=O)/C=C/c2ccc(O)c(O)c2)[C@H](O)[C@H](O)[C@H]1O. The summed E-state index contributed by atoms with van der Waals surface area (Å²) >= 11 is 0. The highest BCUT2D eigenvalue weighted by atomic mass is 16.8. The fourth-order valence-corrected chi connectivity index (χ4v) is 5.91. The Bertz CT molecular complexity index is 1590. The van der Waals surface area contributed by atoms with Crippen molar-refractivity contribution in [2.24, 2.45) is 0 Å². The summed E-state index contributed by atoms with van der Waals surface area (Å²) in [5.41, 5.74) is 0.720. The number of aliphatic hydroxyl groups is 8. The third-order valence-corrected chi connectivity index (χ3v) is 9.07. The van der Waals surface area contributed by atoms with Gasteiger partial charge in [0.05, 0.1) is 19.3 Å². The standard InChI is InChI=1S/C34H44O20/c1-13-22(41)24(43)26(45)32(49-13)52-29-28(47)31(48-9-8-15-3-6-17(37)19(39)11-15)53-34(54-33-27(46)25(44)23(42)20(12-35)50-33)30(29)51-21(40)7-4-14-2-5-16(36)18(38)10-14/h2-7,10-11,13,20,22-39,41-47H,8-9,12H2,1H3/b7-4+/t13-,20-,22-,23+,24+,25+,26+,27+,28+,29+,30-,31+,32?,33-,34+/m0/s1. The van der Waals surface area contributed by atoms with Crippen LogP contribution in [0.5, 0.6) is 23.0 Å². The summed E-state index contributed by atoms with van der Waals surface area (Å²) in [6, 6.07) is 7.63. The number of esters is 1. The number of phenols is 4. The zero-order valence-electron chi connectivity index (χ0n) is 28.5. The Balaban J connectivity index is 1.46. The molecule has 0 bridgehead atoms. The third kappa shape index (κ3) is 9.38. The molecule has 300 valence electrons. The molecule has 3 saturated heterocycles. The summed E-state index contributed by atoms with van der Waals surface area (Å²) in [5, 5.41) is 123. The van der Waals surface area contributed by atoms with Crippen LogP contribution in [-0.4, -0.2) is 173 Å². The summed E-state index contributed by atoms with van der Waals surface area (Å²) in [7, 11) is 0. The Kier molecular flexibility index (Phi) is 13.7. The number of rotatable bonds is 12. The van der Waals surface area contributed by atoms with Gasteiger partial charge in [-0.15, -0.1) is 0 Å². The predicted octanol–water partition coefficient (Wildman–Crippen LogP) is -3.23. The van der Waals surface area contributed by atoms with Crippen LogP contribution in [0.4, 0.5) is 0 Å². The Hall–Kier alpha value is -3.71. The molecule has 12 N–H and O–H groups in total. The molecule has 5 rings (SSSR count). The van der Waals surface area contributed by atoms with E-state index in [0.717, 1.165) is 18.2 Å². The van der Waals surface area contributed by atoms with Gasteiger partial charge < -0.3 is 94.4 Å². The van der Waals surface area contributed by atoms with Crippen molar-refractivity contribution in [3.63, 3.8) is 0 Å². The summed E-state index contributed by atoms with van der Waals surface area (Å²) in [6.45, 7) is 0.291. The van der Waals surface area contributed by atoms with Gasteiger partial charge in [0.15, 0.2) is 48.0 Å². The smallest absolute Gasteiger partial charge is 0.331 e. The molecule has 3 aliphatic heterocycles. The molecule has 2 aromatic carbocycles. The predicted molar refractivity (Wildman–Crippen MR) is 175 cm³/mol. The van der Waals surface area contributed by atoms with Gasteiger partial charge in [0.25, 0.3) is 0 Å². The van der Waals surface area contributed by atoms with Crippen molar-refractivity contribution in [2.45, 2.75) is 106 Å². The van der Waals surface area contributed by atoms with E-state index in [9.17, 15) is 66.1 Å². The van der Waals surface area contributed by atoms with Gasteiger partial charge in [-0.25, -0.2) is 4.79 Å². The van der Waals surface area contributed by atoms with Crippen molar-refractivity contribution in [2.75, 3.05) is 13.2 Å². The van der Waals surface area contributed by atoms with Gasteiger partial charge in [-0.1, -0.05) is 12.1 Å². The average molecular weight is 773 g/mol. The van der Waals surface area contributed by atoms with Gasteiger partial charge >= 0.3 is 5.97 Å². The van der Waals surface area contributed by atoms with E-state index in [1.807, 2.05) is 0 Å². The van der Waals surface area contributed by atoms with Crippen LogP contribution in [0, 0.1) is 0 Å². The van der Waals surface area contributed by atoms with Gasteiger partial charge in [0.2, 0.25) is 6.29 Å². The maximum absolute atomic E-state index is 13.3. The molecule has 3 fully saturated rings. The quantitative estimate of drug-likeness (QED) is 0.0573. The topological polar surface area (TPSA) is 324 Å². The van der Waals surface area contributed by atoms with Gasteiger partial charge in [0.1, 0.15) is 54.9 Å². The molecule has 2 aromatic rings. The van der Waals surface area contributed by atoms with Crippen LogP contribution in [-0.2, 0) is 44.4 Å². The minimum absolute atomic E-state index is 0.0756. The summed E-state index contributed by atoms with van der Waals surface area (Å²) in [6.07, 6.45) is -24.4. The minimum Gasteiger partial charge on any atom is -0.504 e. The largest absolute Gasteiger partial charge is 0.504 e. The molecule has 0 amide bonds. The normalized spacial score (nSPS) is 37.3. The number of benzene rings is 2. The number of phenolic OH excluding ortho intramolecular Hbond substituents is 4. The van der Waals surface area contributed by atoms with Crippen molar-refractivity contribution in [3.05, 3.63) is 53.6 Å². The number of carbonyl (C=O) groups excluding carboxylic acids is 1. The molecule has 0 spiro atoms. The van der Waals surface area contributed by atoms with Crippen LogP contribution < -0.4 is 0 Å². The van der Waals surface area contributed by atoms with Gasteiger partial charge in [-0.3, -0.25) is 0 Å². The second-order valence-corrected chi connectivity index (χ2v) is 12.9. The van der Waals surface area contributed by atoms with Crippen LogP contribution in [0.3, 0.4) is 0 Å². The lowest BCUT2D eigenvalue weighted by atomic mass is 9.98. The first-order valence-corrected chi connectivity index (χ1v) is 16.8. The maximum Gasteiger partial charge on any atom is 0.331 e. The van der Waals surface area contributed by atoms with Gasteiger partial charge in [-0.05, 0) is 54.8 Å². The van der Waals surface area contributed by atoms with Gasteiger partial charge in [-0.2, -0.15) is 0 Å². The van der Waals surface area contributed by atoms with E-state index in [0.29, 0.717) is 5.56 Å². The molecule has 15 atom stereocenters. The van der Waals surface area contributed by atoms with Crippen LogP contribution in [0.1, 0.15) is 18.1 Å². The number of carbonyl (C=O) groups is 1. The van der Waals surface area contributed by atoms with E-state index in [4.69, 9.17) is 33.2 Å². The molecule has 3 aliphatic rings. The average Bonchev–Trinajstić information content (AvgIpc) is 3.14. The molecule has 0 saturated carbocycles. The molecule has 0 radical (unpaired) electrons. The Labute approximate surface area is 306 Å². The molecule has 0 aliphatic carbocycles. The monoisotopic (exact) mass is 772 g/mol. The zero-order chi connectivity index (χ0) is 39.4. The fraction of sp³-hybridized carbons (Fsp3) is 0.559. The molecule has 3 heterocycles. The van der Waals surface area contributed by atoms with Crippen LogP contribution in [0.25, 0.3) is 6.08 Å². The molecular formula is C34H44O20. The Morgan fingerprint density at radius 3 is 1.94 bits per heavy atom. The Morgan fingerprint density at radius 1 is 0.667 bits per heavy atom. The third-order valence-electron chi connectivity index (χ3n) is 9.07. The Morgan fingerprint density at radius 2 is 1.30 bits per heavy atom. The summed E-state index contributed by atoms with van der Waals surface area (Å²) < 4.78 is 40.0. The summed E-state index contributed by atoms with van der Waals surface area (Å²) in [4.78, 5) is 13.3. The van der Waals surface area contributed by atoms with Crippen molar-refractivity contribution < 1.29 is 99.2 Å².